The second-order valence-corrected chi connectivity index (χ2v) is 47.2. The van der Waals surface area contributed by atoms with Gasteiger partial charge in [0.05, 0.1) is 0 Å². The molecule has 0 aromatic carbocycles. The van der Waals surface area contributed by atoms with Crippen LogP contribution in [0.3, 0.4) is 0 Å². The molecule has 10 heterocycles. The molecule has 10 fully saturated rings. The Morgan fingerprint density at radius 2 is 1.11 bits per heavy atom. The van der Waals surface area contributed by atoms with Crippen molar-refractivity contribution in [1.29, 1.82) is 0 Å². The average molecular weight is 347 g/mol. The molecule has 5 heteroatoms. The van der Waals surface area contributed by atoms with Crippen LogP contribution in [0.25, 0.3) is 0 Å². The van der Waals surface area contributed by atoms with Crippen LogP contribution in [0.4, 0.5) is 0 Å². The van der Waals surface area contributed by atoms with Gasteiger partial charge in [0.25, 0.3) is 0 Å². The number of ether oxygens (including phenoxy) is 2. The Bertz CT molecular complexity index is 1030. The molecule has 10 aliphatic heterocycles. The van der Waals surface area contributed by atoms with Gasteiger partial charge in [-0.25, -0.2) is 0 Å². The standard InChI is InChI=1S/2C7H7O2.Ru/c2*1-6(8)9-7-4-2-3-5-7;/h2*2-5H,1H3;. The van der Waals surface area contributed by atoms with Crippen LogP contribution in [0.5, 0.6) is 0 Å². The summed E-state index contributed by atoms with van der Waals surface area (Å²) in [6.07, 6.45) is 0. The molecule has 0 saturated carbocycles. The van der Waals surface area contributed by atoms with Gasteiger partial charge in [-0.3, -0.25) is 0 Å². The third kappa shape index (κ3) is 0.0767. The Kier molecular flexibility index (Phi) is 0.244. The van der Waals surface area contributed by atoms with Gasteiger partial charge < -0.3 is 0 Å². The van der Waals surface area contributed by atoms with Crippen LogP contribution >= 0.6 is 0 Å². The van der Waals surface area contributed by atoms with Gasteiger partial charge in [-0.05, 0) is 0 Å². The number of hydrogen-bond donors (Lipinski definition) is 0. The molecule has 8 unspecified atom stereocenters. The summed E-state index contributed by atoms with van der Waals surface area (Å²) in [5, 5.41) is 0. The molecule has 1 spiro atoms. The fourth-order valence-electron chi connectivity index (χ4n) is 17.1. The molecule has 4 nitrogen and oxygen atoms in total. The zero-order chi connectivity index (χ0) is 12.5. The van der Waals surface area contributed by atoms with Crippen LogP contribution in [0.1, 0.15) is 13.8 Å². The van der Waals surface area contributed by atoms with Crippen molar-refractivity contribution in [2.75, 3.05) is 0 Å². The van der Waals surface area contributed by atoms with E-state index in [2.05, 4.69) is 0 Å². The molecule has 10 rings (SSSR count). The van der Waals surface area contributed by atoms with Crippen molar-refractivity contribution in [3.8, 4) is 0 Å². The van der Waals surface area contributed by atoms with E-state index in [1.54, 1.807) is 13.8 Å². The van der Waals surface area contributed by atoms with Crippen molar-refractivity contribution < 1.29 is 26.8 Å². The van der Waals surface area contributed by atoms with Gasteiger partial charge in [-0.15, -0.1) is 0 Å². The summed E-state index contributed by atoms with van der Waals surface area (Å²) >= 11 is 0. The van der Waals surface area contributed by atoms with Crippen LogP contribution < -0.4 is 0 Å². The van der Waals surface area contributed by atoms with E-state index >= 15 is 0 Å². The molecule has 10 saturated heterocycles. The number of hydrogen-bond acceptors (Lipinski definition) is 4. The van der Waals surface area contributed by atoms with Crippen molar-refractivity contribution in [3.05, 3.63) is 0 Å². The monoisotopic (exact) mass is 348 g/mol. The Hall–Kier alpha value is -0.437. The van der Waals surface area contributed by atoms with Crippen molar-refractivity contribution in [2.45, 2.75) is 58.3 Å². The van der Waals surface area contributed by atoms with Gasteiger partial charge in [0, 0.05) is 0 Å². The van der Waals surface area contributed by atoms with E-state index in [4.69, 9.17) is 9.47 Å². The van der Waals surface area contributed by atoms with Crippen molar-refractivity contribution in [1.82, 2.24) is 0 Å². The van der Waals surface area contributed by atoms with Crippen LogP contribution in [0.2, 0.25) is 36.1 Å². The van der Waals surface area contributed by atoms with Gasteiger partial charge in [-0.2, -0.15) is 0 Å². The van der Waals surface area contributed by atoms with E-state index in [0.29, 0.717) is 0 Å². The predicted molar refractivity (Wildman–Crippen MR) is 59.0 cm³/mol. The van der Waals surface area contributed by atoms with E-state index in [0.717, 1.165) is 36.1 Å². The first kappa shape index (κ1) is 7.54. The van der Waals surface area contributed by atoms with Crippen LogP contribution in [-0.2, 0) is 26.8 Å². The molecule has 0 radical (unpaired) electrons. The molecule has 8 atom stereocenters. The number of esters is 2. The first-order valence-electron chi connectivity index (χ1n) is 7.37. The summed E-state index contributed by atoms with van der Waals surface area (Å²) in [5.74, 6) is -0.147. The van der Waals surface area contributed by atoms with Crippen molar-refractivity contribution >= 4 is 11.9 Å². The topological polar surface area (TPSA) is 52.6 Å². The zero-order valence-corrected chi connectivity index (χ0v) is 12.3. The Balaban J connectivity index is 1.51. The quantitative estimate of drug-likeness (QED) is 0.568. The summed E-state index contributed by atoms with van der Waals surface area (Å²) in [6.45, 7) is 3.15. The SMILES string of the molecule is CC(=O)O[C]12[CH]3[CH]4[CH]5[CH]1[Ru]45321678[CH]2[CH]1[CH]6[C]7(OC(C)=O)[CH]28. The summed E-state index contributed by atoms with van der Waals surface area (Å²) in [6, 6.07) is 0. The third-order valence-electron chi connectivity index (χ3n) is 15.2. The van der Waals surface area contributed by atoms with Crippen LogP contribution in [0, 0.1) is 0 Å². The van der Waals surface area contributed by atoms with Gasteiger partial charge >= 0.3 is 97.1 Å². The minimum atomic E-state index is -4.08. The average Bonchev–Trinajstić information content (AvgIpc) is 3.22. The maximum atomic E-state index is 11.7. The van der Waals surface area contributed by atoms with Crippen molar-refractivity contribution in [2.24, 2.45) is 0 Å². The summed E-state index contributed by atoms with van der Waals surface area (Å²) in [5.41, 5.74) is 0. The molecule has 0 aliphatic carbocycles. The summed E-state index contributed by atoms with van der Waals surface area (Å²) in [7, 11) is -4.08. The molecule has 19 heavy (non-hydrogen) atoms. The summed E-state index contributed by atoms with van der Waals surface area (Å²) < 4.78 is 19.4. The second kappa shape index (κ2) is 0.614. The molecular weight excluding hydrogens is 333 g/mol. The molecule has 0 aromatic rings. The van der Waals surface area contributed by atoms with E-state index in [1.165, 1.54) is 0 Å². The number of fused-ring (bicyclic) bond motifs is 10. The van der Waals surface area contributed by atoms with E-state index in [9.17, 15) is 9.59 Å². The van der Waals surface area contributed by atoms with Gasteiger partial charge in [-0.1, -0.05) is 0 Å². The normalized spacial score (nSPS) is 111. The number of carbonyl (C=O) groups is 2. The summed E-state index contributed by atoms with van der Waals surface area (Å²) in [4.78, 5) is 23.4. The van der Waals surface area contributed by atoms with Crippen LogP contribution in [-0.4, -0.2) is 20.3 Å². The van der Waals surface area contributed by atoms with E-state index < -0.39 is 7.72 Å². The molecule has 102 valence electrons. The van der Waals surface area contributed by atoms with Gasteiger partial charge in [0.2, 0.25) is 0 Å². The predicted octanol–water partition coefficient (Wildman–Crippen LogP) is 2.32. The second-order valence-electron chi connectivity index (χ2n) is 10.8. The van der Waals surface area contributed by atoms with Crippen molar-refractivity contribution in [3.63, 3.8) is 0 Å². The Morgan fingerprint density at radius 1 is 0.789 bits per heavy atom. The Labute approximate surface area is 97.1 Å². The van der Waals surface area contributed by atoms with Crippen LogP contribution in [0.15, 0.2) is 0 Å². The molecule has 10 aliphatic rings. The first-order valence-corrected chi connectivity index (χ1v) is 17.1. The maximum absolute atomic E-state index is 11.7. The zero-order valence-electron chi connectivity index (χ0n) is 10.6. The third-order valence-corrected chi connectivity index (χ3v) is 80.9. The van der Waals surface area contributed by atoms with Gasteiger partial charge in [0.15, 0.2) is 0 Å². The molecule has 0 aromatic heterocycles. The fraction of sp³-hybridized carbons (Fsp3) is 0.857. The molecular formula is C14H14O4Ru. The molecule has 0 bridgehead atoms. The number of carbonyl (C=O) groups excluding carboxylic acids is 2. The number of rotatable bonds is 2. The van der Waals surface area contributed by atoms with E-state index in [-0.39, 0.29) is 20.3 Å². The van der Waals surface area contributed by atoms with Gasteiger partial charge in [0.1, 0.15) is 0 Å². The molecule has 0 N–H and O–H groups in total. The minimum absolute atomic E-state index is 0.0554. The molecule has 0 amide bonds. The fourth-order valence-corrected chi connectivity index (χ4v) is 147. The first-order chi connectivity index (χ1) is 8.76. The Morgan fingerprint density at radius 3 is 1.32 bits per heavy atom. The van der Waals surface area contributed by atoms with E-state index in [1.807, 2.05) is 0 Å².